The predicted molar refractivity (Wildman–Crippen MR) is 112 cm³/mol. The first-order valence-corrected chi connectivity index (χ1v) is 11.2. The van der Waals surface area contributed by atoms with Crippen LogP contribution < -0.4 is 5.73 Å². The van der Waals surface area contributed by atoms with Gasteiger partial charge in [0.05, 0.1) is 11.3 Å². The van der Waals surface area contributed by atoms with Gasteiger partial charge in [-0.25, -0.2) is 9.97 Å². The summed E-state index contributed by atoms with van der Waals surface area (Å²) in [5.41, 5.74) is 11.1. The minimum Gasteiger partial charge on any atom is -0.369 e. The lowest BCUT2D eigenvalue weighted by atomic mass is 9.86. The maximum Gasteiger partial charge on any atom is 0.227 e. The molecular formula is C19H20N6OS2. The molecule has 28 heavy (non-hydrogen) atoms. The van der Waals surface area contributed by atoms with E-state index in [0.717, 1.165) is 33.5 Å². The number of aromatic nitrogens is 5. The maximum absolute atomic E-state index is 11.1. The van der Waals surface area contributed by atoms with Crippen molar-refractivity contribution in [2.75, 3.05) is 5.75 Å². The van der Waals surface area contributed by atoms with Crippen molar-refractivity contribution in [1.82, 2.24) is 24.6 Å². The molecule has 0 fully saturated rings. The Bertz CT molecular complexity index is 1240. The number of carbonyl (C=O) groups is 1. The van der Waals surface area contributed by atoms with Crippen LogP contribution in [0.4, 0.5) is 0 Å². The van der Waals surface area contributed by atoms with Gasteiger partial charge < -0.3 is 5.73 Å². The SMILES string of the molecule is CC(C)c1nc2sc3c(ncn4c(SCC(N)=O)nnc34)c2c2c1CCCC2. The van der Waals surface area contributed by atoms with Crippen LogP contribution in [0.5, 0.6) is 0 Å². The minimum atomic E-state index is -0.380. The van der Waals surface area contributed by atoms with E-state index in [2.05, 4.69) is 24.0 Å². The van der Waals surface area contributed by atoms with E-state index in [4.69, 9.17) is 15.7 Å². The largest absolute Gasteiger partial charge is 0.369 e. The number of amides is 1. The molecule has 144 valence electrons. The van der Waals surface area contributed by atoms with Crippen molar-refractivity contribution in [3.63, 3.8) is 0 Å². The van der Waals surface area contributed by atoms with E-state index < -0.39 is 0 Å². The van der Waals surface area contributed by atoms with Crippen LogP contribution in [0, 0.1) is 0 Å². The van der Waals surface area contributed by atoms with Gasteiger partial charge in [-0.15, -0.1) is 21.5 Å². The highest BCUT2D eigenvalue weighted by Crippen LogP contribution is 2.41. The fourth-order valence-corrected chi connectivity index (χ4v) is 5.82. The third kappa shape index (κ3) is 2.68. The summed E-state index contributed by atoms with van der Waals surface area (Å²) >= 11 is 2.91. The Hall–Kier alpha value is -2.26. The van der Waals surface area contributed by atoms with Gasteiger partial charge in [0.1, 0.15) is 15.9 Å². The van der Waals surface area contributed by atoms with E-state index >= 15 is 0 Å². The third-order valence-corrected chi connectivity index (χ3v) is 7.26. The van der Waals surface area contributed by atoms with Gasteiger partial charge >= 0.3 is 0 Å². The van der Waals surface area contributed by atoms with Crippen molar-refractivity contribution in [3.05, 3.63) is 23.1 Å². The lowest BCUT2D eigenvalue weighted by Gasteiger charge is -2.21. The van der Waals surface area contributed by atoms with Crippen molar-refractivity contribution in [1.29, 1.82) is 0 Å². The molecule has 4 aromatic rings. The Morgan fingerprint density at radius 3 is 2.82 bits per heavy atom. The molecule has 7 nitrogen and oxygen atoms in total. The summed E-state index contributed by atoms with van der Waals surface area (Å²) in [6.07, 6.45) is 6.37. The van der Waals surface area contributed by atoms with Gasteiger partial charge in [0, 0.05) is 11.1 Å². The zero-order valence-electron chi connectivity index (χ0n) is 15.7. The molecule has 1 amide bonds. The van der Waals surface area contributed by atoms with Crippen LogP contribution in [0.3, 0.4) is 0 Å². The summed E-state index contributed by atoms with van der Waals surface area (Å²) in [5, 5.41) is 10.4. The molecule has 0 aromatic carbocycles. The standard InChI is InChI=1S/C19H20N6OS2/c1-9(2)14-11-6-4-3-5-10(11)13-15-16(28-18(13)22-14)17-23-24-19(25(17)8-21-15)27-7-12(20)26/h8-9H,3-7H2,1-2H3,(H2,20,26). The topological polar surface area (TPSA) is 99.1 Å². The number of nitrogens with zero attached hydrogens (tertiary/aromatic N) is 5. The van der Waals surface area contributed by atoms with Crippen LogP contribution in [-0.2, 0) is 17.6 Å². The summed E-state index contributed by atoms with van der Waals surface area (Å²) in [5.74, 6) is 0.187. The number of carbonyl (C=O) groups excluding carboxylic acids is 1. The van der Waals surface area contributed by atoms with Crippen LogP contribution in [-0.4, -0.2) is 36.2 Å². The Balaban J connectivity index is 1.78. The first kappa shape index (κ1) is 17.8. The second-order valence-corrected chi connectivity index (χ2v) is 9.39. The van der Waals surface area contributed by atoms with E-state index in [1.165, 1.54) is 46.8 Å². The second-order valence-electron chi connectivity index (χ2n) is 7.45. The smallest absolute Gasteiger partial charge is 0.227 e. The van der Waals surface area contributed by atoms with E-state index in [1.807, 2.05) is 4.40 Å². The maximum atomic E-state index is 11.1. The van der Waals surface area contributed by atoms with Crippen LogP contribution in [0.1, 0.15) is 49.4 Å². The molecule has 9 heteroatoms. The highest BCUT2D eigenvalue weighted by atomic mass is 32.2. The Kier molecular flexibility index (Phi) is 4.24. The molecule has 0 bridgehead atoms. The monoisotopic (exact) mass is 412 g/mol. The minimum absolute atomic E-state index is 0.165. The molecule has 0 saturated heterocycles. The van der Waals surface area contributed by atoms with Crippen molar-refractivity contribution < 1.29 is 4.79 Å². The van der Waals surface area contributed by atoms with Crippen molar-refractivity contribution in [2.24, 2.45) is 5.73 Å². The molecule has 0 spiro atoms. The van der Waals surface area contributed by atoms with E-state index in [1.54, 1.807) is 17.7 Å². The average Bonchev–Trinajstić information content (AvgIpc) is 3.26. The molecular weight excluding hydrogens is 392 g/mol. The molecule has 1 aliphatic rings. The van der Waals surface area contributed by atoms with E-state index in [-0.39, 0.29) is 11.7 Å². The normalized spacial score (nSPS) is 14.4. The van der Waals surface area contributed by atoms with Crippen LogP contribution in [0.25, 0.3) is 26.1 Å². The number of nitrogens with two attached hydrogens (primary N) is 1. The van der Waals surface area contributed by atoms with Gasteiger partial charge in [-0.1, -0.05) is 25.6 Å². The van der Waals surface area contributed by atoms with Crippen LogP contribution in [0.2, 0.25) is 0 Å². The number of aryl methyl sites for hydroxylation is 1. The number of rotatable bonds is 4. The Morgan fingerprint density at radius 2 is 2.07 bits per heavy atom. The van der Waals surface area contributed by atoms with Gasteiger partial charge in [0.2, 0.25) is 5.91 Å². The van der Waals surface area contributed by atoms with Gasteiger partial charge in [-0.05, 0) is 42.7 Å². The zero-order chi connectivity index (χ0) is 19.4. The lowest BCUT2D eigenvalue weighted by Crippen LogP contribution is -2.13. The number of thioether (sulfide) groups is 1. The van der Waals surface area contributed by atoms with Crippen molar-refractivity contribution in [3.8, 4) is 0 Å². The Morgan fingerprint density at radius 1 is 1.29 bits per heavy atom. The second kappa shape index (κ2) is 6.66. The fourth-order valence-electron chi connectivity index (χ4n) is 4.04. The molecule has 0 atom stereocenters. The fraction of sp³-hybridized carbons (Fsp3) is 0.421. The van der Waals surface area contributed by atoms with Gasteiger partial charge in [-0.2, -0.15) is 0 Å². The van der Waals surface area contributed by atoms with Crippen molar-refractivity contribution in [2.45, 2.75) is 50.6 Å². The molecule has 0 aliphatic heterocycles. The number of hydrogen-bond donors (Lipinski definition) is 1. The summed E-state index contributed by atoms with van der Waals surface area (Å²) < 4.78 is 2.83. The van der Waals surface area contributed by atoms with E-state index in [0.29, 0.717) is 11.1 Å². The highest BCUT2D eigenvalue weighted by Gasteiger charge is 2.24. The molecule has 4 heterocycles. The number of hydrogen-bond acceptors (Lipinski definition) is 7. The van der Waals surface area contributed by atoms with E-state index in [9.17, 15) is 4.79 Å². The first-order valence-electron chi connectivity index (χ1n) is 9.43. The molecule has 0 unspecified atom stereocenters. The summed E-state index contributed by atoms with van der Waals surface area (Å²) in [4.78, 5) is 22.0. The first-order chi connectivity index (χ1) is 13.5. The van der Waals surface area contributed by atoms with Gasteiger partial charge in [0.25, 0.3) is 0 Å². The number of primary amides is 1. The molecule has 1 aliphatic carbocycles. The summed E-state index contributed by atoms with van der Waals surface area (Å²) in [6.45, 7) is 4.43. The average molecular weight is 413 g/mol. The molecule has 0 saturated carbocycles. The highest BCUT2D eigenvalue weighted by molar-refractivity contribution is 7.99. The number of fused-ring (bicyclic) bond motifs is 7. The molecule has 5 rings (SSSR count). The lowest BCUT2D eigenvalue weighted by molar-refractivity contribution is -0.115. The summed E-state index contributed by atoms with van der Waals surface area (Å²) in [6, 6.07) is 0. The quantitative estimate of drug-likeness (QED) is 0.515. The number of pyridine rings is 1. The van der Waals surface area contributed by atoms with Crippen LogP contribution in [0.15, 0.2) is 11.5 Å². The van der Waals surface area contributed by atoms with Crippen LogP contribution >= 0.6 is 23.1 Å². The third-order valence-electron chi connectivity index (χ3n) is 5.23. The molecule has 4 aromatic heterocycles. The number of thiophene rings is 1. The Labute approximate surface area is 169 Å². The molecule has 0 radical (unpaired) electrons. The van der Waals surface area contributed by atoms with Gasteiger partial charge in [-0.3, -0.25) is 9.20 Å². The predicted octanol–water partition coefficient (Wildman–Crippen LogP) is 3.47. The summed E-state index contributed by atoms with van der Waals surface area (Å²) in [7, 11) is 0. The van der Waals surface area contributed by atoms with Gasteiger partial charge in [0.15, 0.2) is 10.8 Å². The van der Waals surface area contributed by atoms with Crippen molar-refractivity contribution >= 4 is 55.1 Å². The molecule has 2 N–H and O–H groups in total. The zero-order valence-corrected chi connectivity index (χ0v) is 17.4.